The molecule has 0 N–H and O–H groups in total. The van der Waals surface area contributed by atoms with Gasteiger partial charge in [0.1, 0.15) is 0 Å². The molecule has 96 valence electrons. The number of carbonyl (C=O) groups excluding carboxylic acids is 2. The molecule has 1 fully saturated rings. The normalized spacial score (nSPS) is 35.9. The molecule has 0 aromatic heterocycles. The number of esters is 2. The summed E-state index contributed by atoms with van der Waals surface area (Å²) in [6.07, 6.45) is 5.83. The van der Waals surface area contributed by atoms with Gasteiger partial charge in [0.05, 0.1) is 14.2 Å². The Bertz CT molecular complexity index is 474. The minimum absolute atomic E-state index is 0.215. The second-order valence-electron chi connectivity index (χ2n) is 5.25. The highest BCUT2D eigenvalue weighted by Gasteiger charge is 2.52. The highest BCUT2D eigenvalue weighted by atomic mass is 16.5. The smallest absolute Gasteiger partial charge is 0.333 e. The maximum Gasteiger partial charge on any atom is 0.333 e. The highest BCUT2D eigenvalue weighted by Crippen LogP contribution is 2.57. The van der Waals surface area contributed by atoms with Gasteiger partial charge >= 0.3 is 11.9 Å². The molecule has 2 bridgehead atoms. The number of rotatable bonds is 2. The van der Waals surface area contributed by atoms with Gasteiger partial charge in [0.2, 0.25) is 0 Å². The molecule has 0 aromatic rings. The average molecular weight is 248 g/mol. The zero-order valence-electron chi connectivity index (χ0n) is 10.5. The molecule has 0 saturated heterocycles. The van der Waals surface area contributed by atoms with Crippen molar-refractivity contribution >= 4 is 11.9 Å². The fraction of sp³-hybridized carbons (Fsp3) is 0.571. The molecule has 0 amide bonds. The topological polar surface area (TPSA) is 52.6 Å². The van der Waals surface area contributed by atoms with Crippen molar-refractivity contribution in [3.63, 3.8) is 0 Å². The summed E-state index contributed by atoms with van der Waals surface area (Å²) in [5.41, 5.74) is 1.57. The van der Waals surface area contributed by atoms with Gasteiger partial charge in [0, 0.05) is 11.1 Å². The van der Waals surface area contributed by atoms with Gasteiger partial charge in [0.15, 0.2) is 0 Å². The van der Waals surface area contributed by atoms with Crippen LogP contribution in [0.15, 0.2) is 23.3 Å². The molecule has 1 saturated carbocycles. The Morgan fingerprint density at radius 1 is 1.17 bits per heavy atom. The van der Waals surface area contributed by atoms with Gasteiger partial charge in [-0.2, -0.15) is 0 Å². The minimum atomic E-state index is -0.233. The average Bonchev–Trinajstić information content (AvgIpc) is 3.06. The Morgan fingerprint density at radius 2 is 1.89 bits per heavy atom. The van der Waals surface area contributed by atoms with Gasteiger partial charge in [-0.3, -0.25) is 0 Å². The Kier molecular flexibility index (Phi) is 2.54. The molecule has 3 aliphatic rings. The van der Waals surface area contributed by atoms with E-state index in [1.54, 1.807) is 0 Å². The number of carbonyl (C=O) groups is 2. The lowest BCUT2D eigenvalue weighted by Crippen LogP contribution is -2.22. The van der Waals surface area contributed by atoms with Gasteiger partial charge in [-0.05, 0) is 36.5 Å². The Balaban J connectivity index is 1.81. The van der Waals surface area contributed by atoms with Crippen LogP contribution in [0.5, 0.6) is 0 Å². The second kappa shape index (κ2) is 3.97. The van der Waals surface area contributed by atoms with Crippen molar-refractivity contribution in [2.45, 2.75) is 12.8 Å². The molecule has 18 heavy (non-hydrogen) atoms. The molecule has 0 aromatic carbocycles. The van der Waals surface area contributed by atoms with E-state index in [-0.39, 0.29) is 17.9 Å². The maximum atomic E-state index is 11.7. The lowest BCUT2D eigenvalue weighted by atomic mass is 9.81. The monoisotopic (exact) mass is 248 g/mol. The zero-order chi connectivity index (χ0) is 12.9. The predicted molar refractivity (Wildman–Crippen MR) is 63.4 cm³/mol. The van der Waals surface area contributed by atoms with Crippen molar-refractivity contribution in [2.75, 3.05) is 14.2 Å². The van der Waals surface area contributed by atoms with Crippen LogP contribution in [0.1, 0.15) is 12.8 Å². The molecule has 4 heteroatoms. The van der Waals surface area contributed by atoms with Gasteiger partial charge in [-0.15, -0.1) is 0 Å². The van der Waals surface area contributed by atoms with E-state index in [4.69, 9.17) is 9.47 Å². The lowest BCUT2D eigenvalue weighted by Gasteiger charge is -2.23. The fourth-order valence-corrected chi connectivity index (χ4v) is 3.80. The molecular formula is C14H16O4. The zero-order valence-corrected chi connectivity index (χ0v) is 10.5. The first kappa shape index (κ1) is 11.5. The first-order valence-electron chi connectivity index (χ1n) is 6.24. The number of allylic oxidation sites excluding steroid dienone is 2. The first-order chi connectivity index (χ1) is 8.65. The van der Waals surface area contributed by atoms with Crippen LogP contribution in [0, 0.1) is 23.7 Å². The van der Waals surface area contributed by atoms with Gasteiger partial charge in [-0.1, -0.05) is 12.2 Å². The van der Waals surface area contributed by atoms with E-state index in [0.717, 1.165) is 24.0 Å². The van der Waals surface area contributed by atoms with Gasteiger partial charge in [0.25, 0.3) is 0 Å². The van der Waals surface area contributed by atoms with Gasteiger partial charge < -0.3 is 9.47 Å². The molecule has 0 radical (unpaired) electrons. The van der Waals surface area contributed by atoms with Crippen LogP contribution in [0.3, 0.4) is 0 Å². The maximum absolute atomic E-state index is 11.7. The largest absolute Gasteiger partial charge is 0.466 e. The highest BCUT2D eigenvalue weighted by molar-refractivity contribution is 5.91. The summed E-state index contributed by atoms with van der Waals surface area (Å²) >= 11 is 0. The number of hydrogen-bond donors (Lipinski definition) is 0. The molecule has 0 spiro atoms. The third-order valence-electron chi connectivity index (χ3n) is 4.54. The molecule has 0 heterocycles. The summed E-state index contributed by atoms with van der Waals surface area (Å²) in [4.78, 5) is 23.2. The van der Waals surface area contributed by atoms with Crippen molar-refractivity contribution in [3.8, 4) is 0 Å². The van der Waals surface area contributed by atoms with E-state index in [0.29, 0.717) is 17.8 Å². The van der Waals surface area contributed by atoms with Crippen LogP contribution in [0.4, 0.5) is 0 Å². The first-order valence-corrected chi connectivity index (χ1v) is 6.24. The summed E-state index contributed by atoms with van der Waals surface area (Å²) < 4.78 is 9.58. The number of ether oxygens (including phenoxy) is 2. The number of methoxy groups -OCH3 is 2. The Morgan fingerprint density at radius 3 is 2.56 bits per heavy atom. The fourth-order valence-electron chi connectivity index (χ4n) is 3.80. The Hall–Kier alpha value is -1.58. The van der Waals surface area contributed by atoms with Crippen molar-refractivity contribution in [2.24, 2.45) is 23.7 Å². The minimum Gasteiger partial charge on any atom is -0.466 e. The molecule has 0 aliphatic heterocycles. The van der Waals surface area contributed by atoms with E-state index in [1.165, 1.54) is 14.2 Å². The molecule has 4 nitrogen and oxygen atoms in total. The molecular weight excluding hydrogens is 232 g/mol. The quantitative estimate of drug-likeness (QED) is 0.694. The molecule has 3 rings (SSSR count). The van der Waals surface area contributed by atoms with Crippen molar-refractivity contribution in [1.29, 1.82) is 0 Å². The van der Waals surface area contributed by atoms with Crippen LogP contribution < -0.4 is 0 Å². The van der Waals surface area contributed by atoms with Crippen LogP contribution in [0.25, 0.3) is 0 Å². The van der Waals surface area contributed by atoms with E-state index < -0.39 is 0 Å². The number of hydrogen-bond acceptors (Lipinski definition) is 4. The standard InChI is InChI=1S/C14H16O4/c1-17-13(15)8-5-9-7-3-11(10(9)6-8)12(4-7)14(16)18-2/h4-5,7,9-11H,3,6H2,1-2H3/t7-,9+,10+,11-/m0/s1. The van der Waals surface area contributed by atoms with Crippen molar-refractivity contribution in [1.82, 2.24) is 0 Å². The van der Waals surface area contributed by atoms with Crippen molar-refractivity contribution in [3.05, 3.63) is 23.3 Å². The summed E-state index contributed by atoms with van der Waals surface area (Å²) in [6.45, 7) is 0. The van der Waals surface area contributed by atoms with E-state index in [1.807, 2.05) is 12.2 Å². The Labute approximate surface area is 106 Å². The predicted octanol–water partition coefficient (Wildman–Crippen LogP) is 1.47. The molecule has 3 aliphatic carbocycles. The van der Waals surface area contributed by atoms with E-state index in [9.17, 15) is 9.59 Å². The lowest BCUT2D eigenvalue weighted by molar-refractivity contribution is -0.137. The van der Waals surface area contributed by atoms with E-state index in [2.05, 4.69) is 0 Å². The molecule has 4 atom stereocenters. The number of fused-ring (bicyclic) bond motifs is 5. The third kappa shape index (κ3) is 1.44. The SMILES string of the molecule is COC(=O)C1=C[C@H]2[C@@H](C1)[C@@H]1C[C@H]2C=C1C(=O)OC. The summed E-state index contributed by atoms with van der Waals surface area (Å²) in [7, 11) is 2.82. The van der Waals surface area contributed by atoms with Crippen molar-refractivity contribution < 1.29 is 19.1 Å². The summed E-state index contributed by atoms with van der Waals surface area (Å²) in [5, 5.41) is 0. The van der Waals surface area contributed by atoms with Crippen LogP contribution in [-0.4, -0.2) is 26.2 Å². The summed E-state index contributed by atoms with van der Waals surface area (Å²) in [6, 6.07) is 0. The third-order valence-corrected chi connectivity index (χ3v) is 4.54. The van der Waals surface area contributed by atoms with Gasteiger partial charge in [-0.25, -0.2) is 9.59 Å². The van der Waals surface area contributed by atoms with E-state index >= 15 is 0 Å². The molecule has 0 unspecified atom stereocenters. The second-order valence-corrected chi connectivity index (χ2v) is 5.25. The van der Waals surface area contributed by atoms with Crippen LogP contribution >= 0.6 is 0 Å². The van der Waals surface area contributed by atoms with Crippen LogP contribution in [-0.2, 0) is 19.1 Å². The summed E-state index contributed by atoms with van der Waals surface area (Å²) in [5.74, 6) is 0.971. The van der Waals surface area contributed by atoms with Crippen LogP contribution in [0.2, 0.25) is 0 Å².